The van der Waals surface area contributed by atoms with Gasteiger partial charge in [-0.3, -0.25) is 14.5 Å². The fourth-order valence-corrected chi connectivity index (χ4v) is 3.09. The number of amides is 2. The van der Waals surface area contributed by atoms with Crippen molar-refractivity contribution in [3.8, 4) is 0 Å². The first kappa shape index (κ1) is 16.7. The SMILES string of the molecule is Nc1ccc(CN2CCNC(=O)C2)cc1C(=O)NC1CCOCC1. The fourth-order valence-electron chi connectivity index (χ4n) is 3.09. The third kappa shape index (κ3) is 4.24. The van der Waals surface area contributed by atoms with E-state index in [1.807, 2.05) is 12.1 Å². The lowest BCUT2D eigenvalue weighted by Crippen LogP contribution is -2.47. The summed E-state index contributed by atoms with van der Waals surface area (Å²) in [6.07, 6.45) is 1.66. The van der Waals surface area contributed by atoms with Crippen LogP contribution in [0, 0.1) is 0 Å². The predicted molar refractivity (Wildman–Crippen MR) is 90.4 cm³/mol. The Balaban J connectivity index is 1.66. The van der Waals surface area contributed by atoms with Crippen molar-refractivity contribution in [1.29, 1.82) is 0 Å². The lowest BCUT2D eigenvalue weighted by Gasteiger charge is -2.27. The van der Waals surface area contributed by atoms with Crippen LogP contribution in [0.15, 0.2) is 18.2 Å². The first-order chi connectivity index (χ1) is 11.6. The van der Waals surface area contributed by atoms with E-state index in [1.54, 1.807) is 6.07 Å². The van der Waals surface area contributed by atoms with Gasteiger partial charge in [-0.05, 0) is 30.5 Å². The van der Waals surface area contributed by atoms with Crippen LogP contribution in [0.25, 0.3) is 0 Å². The molecule has 0 aromatic heterocycles. The van der Waals surface area contributed by atoms with Crippen molar-refractivity contribution < 1.29 is 14.3 Å². The molecule has 0 atom stereocenters. The summed E-state index contributed by atoms with van der Waals surface area (Å²) >= 11 is 0. The van der Waals surface area contributed by atoms with E-state index in [4.69, 9.17) is 10.5 Å². The summed E-state index contributed by atoms with van der Waals surface area (Å²) in [5, 5.41) is 5.84. The molecule has 0 radical (unpaired) electrons. The van der Waals surface area contributed by atoms with Gasteiger partial charge < -0.3 is 21.1 Å². The van der Waals surface area contributed by atoms with Crippen LogP contribution >= 0.6 is 0 Å². The molecule has 4 N–H and O–H groups in total. The summed E-state index contributed by atoms with van der Waals surface area (Å²) in [7, 11) is 0. The molecule has 7 nitrogen and oxygen atoms in total. The van der Waals surface area contributed by atoms with Crippen molar-refractivity contribution in [2.45, 2.75) is 25.4 Å². The number of nitrogen functional groups attached to an aromatic ring is 1. The summed E-state index contributed by atoms with van der Waals surface area (Å²) in [5.41, 5.74) is 7.94. The molecule has 0 saturated carbocycles. The molecule has 3 rings (SSSR count). The Morgan fingerprint density at radius 1 is 1.38 bits per heavy atom. The van der Waals surface area contributed by atoms with Crippen LogP contribution in [-0.4, -0.2) is 55.6 Å². The number of carbonyl (C=O) groups excluding carboxylic acids is 2. The number of nitrogens with two attached hydrogens (primary N) is 1. The Morgan fingerprint density at radius 2 is 2.17 bits per heavy atom. The smallest absolute Gasteiger partial charge is 0.253 e. The highest BCUT2D eigenvalue weighted by Crippen LogP contribution is 2.17. The zero-order valence-electron chi connectivity index (χ0n) is 13.7. The van der Waals surface area contributed by atoms with Gasteiger partial charge in [-0.1, -0.05) is 6.07 Å². The van der Waals surface area contributed by atoms with E-state index in [-0.39, 0.29) is 17.9 Å². The molecule has 1 aromatic rings. The van der Waals surface area contributed by atoms with E-state index in [9.17, 15) is 9.59 Å². The molecule has 130 valence electrons. The number of piperazine rings is 1. The second-order valence-corrected chi connectivity index (χ2v) is 6.34. The maximum Gasteiger partial charge on any atom is 0.253 e. The summed E-state index contributed by atoms with van der Waals surface area (Å²) in [4.78, 5) is 26.0. The van der Waals surface area contributed by atoms with Crippen LogP contribution in [-0.2, 0) is 16.1 Å². The molecule has 2 heterocycles. The Kier molecular flexibility index (Phi) is 5.32. The lowest BCUT2D eigenvalue weighted by atomic mass is 10.0. The summed E-state index contributed by atoms with van der Waals surface area (Å²) in [6, 6.07) is 5.64. The molecule has 1 aromatic carbocycles. The monoisotopic (exact) mass is 332 g/mol. The molecule has 2 amide bonds. The van der Waals surface area contributed by atoms with Crippen molar-refractivity contribution in [2.75, 3.05) is 38.6 Å². The van der Waals surface area contributed by atoms with Crippen LogP contribution in [0.1, 0.15) is 28.8 Å². The van der Waals surface area contributed by atoms with Crippen molar-refractivity contribution in [1.82, 2.24) is 15.5 Å². The normalized spacial score (nSPS) is 19.8. The van der Waals surface area contributed by atoms with Gasteiger partial charge in [-0.2, -0.15) is 0 Å². The number of hydrogen-bond donors (Lipinski definition) is 3. The Labute approximate surface area is 141 Å². The first-order valence-electron chi connectivity index (χ1n) is 8.38. The highest BCUT2D eigenvalue weighted by atomic mass is 16.5. The quantitative estimate of drug-likeness (QED) is 0.680. The van der Waals surface area contributed by atoms with Crippen LogP contribution in [0.4, 0.5) is 5.69 Å². The van der Waals surface area contributed by atoms with E-state index in [0.717, 1.165) is 24.9 Å². The van der Waals surface area contributed by atoms with Gasteiger partial charge >= 0.3 is 0 Å². The van der Waals surface area contributed by atoms with Gasteiger partial charge in [0, 0.05) is 44.6 Å². The predicted octanol–water partition coefficient (Wildman–Crippen LogP) is 0.109. The Morgan fingerprint density at radius 3 is 2.92 bits per heavy atom. The van der Waals surface area contributed by atoms with Gasteiger partial charge in [0.25, 0.3) is 5.91 Å². The van der Waals surface area contributed by atoms with Gasteiger partial charge in [-0.25, -0.2) is 0 Å². The zero-order valence-corrected chi connectivity index (χ0v) is 13.7. The van der Waals surface area contributed by atoms with Gasteiger partial charge in [0.05, 0.1) is 12.1 Å². The molecule has 24 heavy (non-hydrogen) atoms. The number of hydrogen-bond acceptors (Lipinski definition) is 5. The van der Waals surface area contributed by atoms with Gasteiger partial charge in [0.2, 0.25) is 5.91 Å². The van der Waals surface area contributed by atoms with E-state index in [2.05, 4.69) is 15.5 Å². The molecule has 0 spiro atoms. The molecule has 2 saturated heterocycles. The average Bonchev–Trinajstić information content (AvgIpc) is 2.57. The molecule has 2 fully saturated rings. The van der Waals surface area contributed by atoms with Gasteiger partial charge in [0.1, 0.15) is 0 Å². The van der Waals surface area contributed by atoms with E-state index in [1.165, 1.54) is 0 Å². The van der Waals surface area contributed by atoms with Crippen molar-refractivity contribution in [3.05, 3.63) is 29.3 Å². The van der Waals surface area contributed by atoms with E-state index < -0.39 is 0 Å². The third-order valence-corrected chi connectivity index (χ3v) is 4.44. The number of nitrogens with zero attached hydrogens (tertiary/aromatic N) is 1. The van der Waals surface area contributed by atoms with Crippen LogP contribution in [0.3, 0.4) is 0 Å². The van der Waals surface area contributed by atoms with Crippen molar-refractivity contribution in [3.63, 3.8) is 0 Å². The number of ether oxygens (including phenoxy) is 1. The van der Waals surface area contributed by atoms with Crippen LogP contribution < -0.4 is 16.4 Å². The molecule has 2 aliphatic rings. The summed E-state index contributed by atoms with van der Waals surface area (Å²) < 4.78 is 5.31. The molecule has 7 heteroatoms. The standard InChI is InChI=1S/C17H24N4O3/c18-15-2-1-12(10-21-6-5-19-16(22)11-21)9-14(15)17(23)20-13-3-7-24-8-4-13/h1-2,9,13H,3-8,10-11,18H2,(H,19,22)(H,20,23). The van der Waals surface area contributed by atoms with E-state index >= 15 is 0 Å². The Hall–Kier alpha value is -2.12. The summed E-state index contributed by atoms with van der Waals surface area (Å²) in [5.74, 6) is -0.105. The Bertz CT molecular complexity index is 614. The second kappa shape index (κ2) is 7.63. The lowest BCUT2D eigenvalue weighted by molar-refractivity contribution is -0.124. The van der Waals surface area contributed by atoms with Gasteiger partial charge in [-0.15, -0.1) is 0 Å². The minimum absolute atomic E-state index is 0.0363. The highest BCUT2D eigenvalue weighted by Gasteiger charge is 2.20. The molecular formula is C17H24N4O3. The van der Waals surface area contributed by atoms with Crippen molar-refractivity contribution in [2.24, 2.45) is 0 Å². The number of anilines is 1. The maximum absolute atomic E-state index is 12.5. The van der Waals surface area contributed by atoms with E-state index in [0.29, 0.717) is 44.1 Å². The molecule has 0 unspecified atom stereocenters. The largest absolute Gasteiger partial charge is 0.398 e. The minimum atomic E-state index is -0.141. The second-order valence-electron chi connectivity index (χ2n) is 6.34. The summed E-state index contributed by atoms with van der Waals surface area (Å²) in [6.45, 7) is 3.83. The van der Waals surface area contributed by atoms with Crippen LogP contribution in [0.5, 0.6) is 0 Å². The number of rotatable bonds is 4. The molecular weight excluding hydrogens is 308 g/mol. The average molecular weight is 332 g/mol. The van der Waals surface area contributed by atoms with Crippen molar-refractivity contribution >= 4 is 17.5 Å². The first-order valence-corrected chi connectivity index (χ1v) is 8.38. The fraction of sp³-hybridized carbons (Fsp3) is 0.529. The number of carbonyl (C=O) groups is 2. The molecule has 2 aliphatic heterocycles. The van der Waals surface area contributed by atoms with Gasteiger partial charge in [0.15, 0.2) is 0 Å². The topological polar surface area (TPSA) is 96.7 Å². The molecule has 0 bridgehead atoms. The van der Waals surface area contributed by atoms with Crippen LogP contribution in [0.2, 0.25) is 0 Å². The zero-order chi connectivity index (χ0) is 16.9. The number of nitrogens with one attached hydrogen (secondary N) is 2. The number of benzene rings is 1. The highest BCUT2D eigenvalue weighted by molar-refractivity contribution is 5.99. The minimum Gasteiger partial charge on any atom is -0.398 e. The maximum atomic E-state index is 12.5. The molecule has 0 aliphatic carbocycles. The third-order valence-electron chi connectivity index (χ3n) is 4.44.